The van der Waals surface area contributed by atoms with Crippen molar-refractivity contribution >= 4 is 29.0 Å². The molecule has 0 saturated carbocycles. The summed E-state index contributed by atoms with van der Waals surface area (Å²) in [6, 6.07) is 11.2. The van der Waals surface area contributed by atoms with Crippen LogP contribution in [-0.2, 0) is 11.3 Å². The smallest absolute Gasteiger partial charge is 0.271 e. The van der Waals surface area contributed by atoms with Crippen molar-refractivity contribution in [2.75, 3.05) is 11.1 Å². The fourth-order valence-corrected chi connectivity index (χ4v) is 3.52. The maximum atomic E-state index is 12.4. The third-order valence-corrected chi connectivity index (χ3v) is 5.18. The summed E-state index contributed by atoms with van der Waals surface area (Å²) >= 11 is 1.20. The second-order valence-electron chi connectivity index (χ2n) is 6.16. The first-order valence-corrected chi connectivity index (χ1v) is 9.78. The molecular weight excluding hydrogens is 394 g/mol. The number of anilines is 1. The Kier molecular flexibility index (Phi) is 6.13. The number of hydrogen-bond acceptors (Lipinski definition) is 7. The van der Waals surface area contributed by atoms with E-state index < -0.39 is 4.92 Å². The molecule has 3 rings (SSSR count). The zero-order chi connectivity index (χ0) is 21.0. The Balaban J connectivity index is 1.72. The van der Waals surface area contributed by atoms with E-state index in [4.69, 9.17) is 0 Å². The lowest BCUT2D eigenvalue weighted by molar-refractivity contribution is -0.384. The third kappa shape index (κ3) is 4.54. The van der Waals surface area contributed by atoms with Gasteiger partial charge in [0.25, 0.3) is 5.69 Å². The molecule has 0 aliphatic carbocycles. The lowest BCUT2D eigenvalue weighted by atomic mass is 10.2. The van der Waals surface area contributed by atoms with Gasteiger partial charge in [-0.1, -0.05) is 30.0 Å². The van der Waals surface area contributed by atoms with Gasteiger partial charge >= 0.3 is 0 Å². The van der Waals surface area contributed by atoms with E-state index in [1.165, 1.54) is 23.9 Å². The van der Waals surface area contributed by atoms with Gasteiger partial charge in [-0.2, -0.15) is 0 Å². The van der Waals surface area contributed by atoms with Gasteiger partial charge in [-0.05, 0) is 31.5 Å². The van der Waals surface area contributed by atoms with Crippen LogP contribution in [0.2, 0.25) is 0 Å². The van der Waals surface area contributed by atoms with Gasteiger partial charge in [0.2, 0.25) is 5.91 Å². The normalized spacial score (nSPS) is 10.7. The molecule has 0 saturated heterocycles. The van der Waals surface area contributed by atoms with Crippen molar-refractivity contribution in [3.8, 4) is 17.1 Å². The van der Waals surface area contributed by atoms with Gasteiger partial charge in [-0.3, -0.25) is 14.9 Å². The first-order valence-electron chi connectivity index (χ1n) is 8.80. The number of nitro groups is 1. The summed E-state index contributed by atoms with van der Waals surface area (Å²) in [7, 11) is 0. The summed E-state index contributed by atoms with van der Waals surface area (Å²) < 4.78 is 1.81. The highest BCUT2D eigenvalue weighted by atomic mass is 32.2. The first-order chi connectivity index (χ1) is 13.9. The van der Waals surface area contributed by atoms with Crippen LogP contribution in [0.3, 0.4) is 0 Å². The largest absolute Gasteiger partial charge is 0.507 e. The summed E-state index contributed by atoms with van der Waals surface area (Å²) in [6.07, 6.45) is 0. The number of aromatic nitrogens is 3. The average Bonchev–Trinajstić information content (AvgIpc) is 3.11. The van der Waals surface area contributed by atoms with E-state index in [2.05, 4.69) is 15.5 Å². The molecule has 0 aliphatic rings. The van der Waals surface area contributed by atoms with E-state index in [1.54, 1.807) is 37.3 Å². The first kappa shape index (κ1) is 20.3. The predicted molar refractivity (Wildman–Crippen MR) is 110 cm³/mol. The number of aryl methyl sites for hydroxylation is 1. The van der Waals surface area contributed by atoms with E-state index in [9.17, 15) is 20.0 Å². The van der Waals surface area contributed by atoms with Crippen molar-refractivity contribution in [3.05, 3.63) is 58.1 Å². The van der Waals surface area contributed by atoms with E-state index in [0.29, 0.717) is 28.8 Å². The fraction of sp³-hybridized carbons (Fsp3) is 0.211. The zero-order valence-electron chi connectivity index (χ0n) is 15.8. The van der Waals surface area contributed by atoms with Crippen LogP contribution in [0.5, 0.6) is 5.75 Å². The highest BCUT2D eigenvalue weighted by molar-refractivity contribution is 7.99. The van der Waals surface area contributed by atoms with Crippen LogP contribution in [0.15, 0.2) is 47.6 Å². The van der Waals surface area contributed by atoms with Gasteiger partial charge in [0, 0.05) is 18.7 Å². The minimum atomic E-state index is -0.506. The van der Waals surface area contributed by atoms with Crippen LogP contribution in [-0.4, -0.2) is 36.5 Å². The molecule has 0 unspecified atom stereocenters. The standard InChI is InChI=1S/C19H19N5O4S/c1-3-23-18(14-6-4-5-7-16(14)25)21-22-19(23)29-11-17(26)20-15-10-13(24(27)28)9-8-12(15)2/h4-10,25H,3,11H2,1-2H3,(H,20,26). The van der Waals surface area contributed by atoms with Crippen molar-refractivity contribution in [1.82, 2.24) is 14.8 Å². The molecule has 1 amide bonds. The highest BCUT2D eigenvalue weighted by Crippen LogP contribution is 2.30. The van der Waals surface area contributed by atoms with Crippen LogP contribution in [0.1, 0.15) is 12.5 Å². The lowest BCUT2D eigenvalue weighted by Crippen LogP contribution is -2.15. The Labute approximate surface area is 170 Å². The van der Waals surface area contributed by atoms with Crippen molar-refractivity contribution in [1.29, 1.82) is 0 Å². The lowest BCUT2D eigenvalue weighted by Gasteiger charge is -2.09. The molecule has 29 heavy (non-hydrogen) atoms. The van der Waals surface area contributed by atoms with Crippen LogP contribution < -0.4 is 5.32 Å². The van der Waals surface area contributed by atoms with Crippen molar-refractivity contribution in [2.45, 2.75) is 25.5 Å². The van der Waals surface area contributed by atoms with Crippen molar-refractivity contribution < 1.29 is 14.8 Å². The molecular formula is C19H19N5O4S. The molecule has 150 valence electrons. The molecule has 0 atom stereocenters. The highest BCUT2D eigenvalue weighted by Gasteiger charge is 2.17. The number of hydrogen-bond donors (Lipinski definition) is 2. The Morgan fingerprint density at radius 2 is 2.03 bits per heavy atom. The van der Waals surface area contributed by atoms with Crippen LogP contribution in [0, 0.1) is 17.0 Å². The Bertz CT molecular complexity index is 1070. The van der Waals surface area contributed by atoms with E-state index in [-0.39, 0.29) is 23.1 Å². The van der Waals surface area contributed by atoms with E-state index in [0.717, 1.165) is 5.56 Å². The van der Waals surface area contributed by atoms with E-state index in [1.807, 2.05) is 11.5 Å². The maximum absolute atomic E-state index is 12.4. The number of phenols is 1. The van der Waals surface area contributed by atoms with Crippen LogP contribution >= 0.6 is 11.8 Å². The fourth-order valence-electron chi connectivity index (χ4n) is 2.72. The van der Waals surface area contributed by atoms with Gasteiger partial charge < -0.3 is 15.0 Å². The topological polar surface area (TPSA) is 123 Å². The summed E-state index contributed by atoms with van der Waals surface area (Å²) in [5.41, 5.74) is 1.60. The summed E-state index contributed by atoms with van der Waals surface area (Å²) in [4.78, 5) is 22.8. The van der Waals surface area contributed by atoms with Gasteiger partial charge in [0.1, 0.15) is 5.75 Å². The number of thioether (sulfide) groups is 1. The molecule has 10 heteroatoms. The number of nitrogens with zero attached hydrogens (tertiary/aromatic N) is 4. The second kappa shape index (κ2) is 8.74. The predicted octanol–water partition coefficient (Wildman–Crippen LogP) is 3.62. The summed E-state index contributed by atoms with van der Waals surface area (Å²) in [5, 5.41) is 32.5. The Hall–Kier alpha value is -3.40. The van der Waals surface area contributed by atoms with Crippen LogP contribution in [0.25, 0.3) is 11.4 Å². The number of nitro benzene ring substituents is 1. The third-order valence-electron chi connectivity index (χ3n) is 4.22. The molecule has 0 spiro atoms. The quantitative estimate of drug-likeness (QED) is 0.344. The molecule has 1 aromatic heterocycles. The number of rotatable bonds is 7. The van der Waals surface area contributed by atoms with Crippen molar-refractivity contribution in [2.24, 2.45) is 0 Å². The Morgan fingerprint density at radius 1 is 1.28 bits per heavy atom. The number of phenolic OH excluding ortho intramolecular Hbond substituents is 1. The summed E-state index contributed by atoms with van der Waals surface area (Å²) in [5.74, 6) is 0.363. The maximum Gasteiger partial charge on any atom is 0.271 e. The minimum absolute atomic E-state index is 0.0566. The summed E-state index contributed by atoms with van der Waals surface area (Å²) in [6.45, 7) is 4.24. The van der Waals surface area contributed by atoms with Crippen LogP contribution in [0.4, 0.5) is 11.4 Å². The minimum Gasteiger partial charge on any atom is -0.507 e. The number of carbonyl (C=O) groups excluding carboxylic acids is 1. The van der Waals surface area contributed by atoms with Gasteiger partial charge in [-0.25, -0.2) is 0 Å². The van der Waals surface area contributed by atoms with E-state index >= 15 is 0 Å². The monoisotopic (exact) mass is 413 g/mol. The van der Waals surface area contributed by atoms with Gasteiger partial charge in [0.15, 0.2) is 11.0 Å². The number of benzene rings is 2. The average molecular weight is 413 g/mol. The molecule has 9 nitrogen and oxygen atoms in total. The zero-order valence-corrected chi connectivity index (χ0v) is 16.6. The number of carbonyl (C=O) groups is 1. The van der Waals surface area contributed by atoms with Gasteiger partial charge in [-0.15, -0.1) is 10.2 Å². The van der Waals surface area contributed by atoms with Gasteiger partial charge in [0.05, 0.1) is 21.9 Å². The molecule has 0 fully saturated rings. The molecule has 2 N–H and O–H groups in total. The molecule has 2 aromatic carbocycles. The second-order valence-corrected chi connectivity index (χ2v) is 7.10. The number of nitrogens with one attached hydrogen (secondary N) is 1. The Morgan fingerprint density at radius 3 is 2.72 bits per heavy atom. The SMILES string of the molecule is CCn1c(SCC(=O)Nc2cc([N+](=O)[O-])ccc2C)nnc1-c1ccccc1O. The van der Waals surface area contributed by atoms with Crippen molar-refractivity contribution in [3.63, 3.8) is 0 Å². The molecule has 3 aromatic rings. The molecule has 1 heterocycles. The number of non-ortho nitro benzene ring substituents is 1. The molecule has 0 aliphatic heterocycles. The number of para-hydroxylation sites is 1. The number of aromatic hydroxyl groups is 1. The number of amides is 1. The molecule has 0 radical (unpaired) electrons. The molecule has 0 bridgehead atoms.